The van der Waals surface area contributed by atoms with Crippen LogP contribution in [0.4, 0.5) is 0 Å². The summed E-state index contributed by atoms with van der Waals surface area (Å²) in [6.45, 7) is 6.66. The molecular formula is C10H12N2O5. The number of aliphatic hydroxyl groups excluding tert-OH is 1. The average molecular weight is 240 g/mol. The minimum absolute atomic E-state index is 0.196. The molecule has 1 heterocycles. The lowest BCUT2D eigenvalue weighted by Crippen LogP contribution is -2.43. The van der Waals surface area contributed by atoms with E-state index in [1.807, 2.05) is 5.32 Å². The zero-order valence-corrected chi connectivity index (χ0v) is 9.01. The summed E-state index contributed by atoms with van der Waals surface area (Å²) in [7, 11) is 0. The molecule has 1 aliphatic rings. The van der Waals surface area contributed by atoms with Crippen molar-refractivity contribution in [2.75, 3.05) is 0 Å². The number of hydroxylamine groups is 2. The summed E-state index contributed by atoms with van der Waals surface area (Å²) in [6, 6.07) is 0. The number of hydrogen-bond acceptors (Lipinski definition) is 5. The van der Waals surface area contributed by atoms with Gasteiger partial charge in [-0.25, -0.2) is 4.79 Å². The lowest BCUT2D eigenvalue weighted by atomic mass is 10.3. The van der Waals surface area contributed by atoms with Crippen LogP contribution in [-0.4, -0.2) is 34.2 Å². The van der Waals surface area contributed by atoms with E-state index < -0.39 is 24.0 Å². The number of aliphatic hydroxyl groups is 1. The molecule has 1 rings (SSSR count). The molecule has 0 aromatic heterocycles. The topological polar surface area (TPSA) is 95.9 Å². The normalized spacial score (nSPS) is 16.6. The number of nitrogens with zero attached hydrogens (tertiary/aromatic N) is 1. The van der Waals surface area contributed by atoms with E-state index in [-0.39, 0.29) is 6.42 Å². The molecule has 0 radical (unpaired) electrons. The van der Waals surface area contributed by atoms with Gasteiger partial charge in [-0.3, -0.25) is 9.59 Å². The molecule has 2 N–H and O–H groups in total. The second-order valence-corrected chi connectivity index (χ2v) is 3.28. The fourth-order valence-corrected chi connectivity index (χ4v) is 1.14. The van der Waals surface area contributed by atoms with Crippen molar-refractivity contribution in [2.45, 2.75) is 19.1 Å². The molecule has 92 valence electrons. The van der Waals surface area contributed by atoms with Crippen molar-refractivity contribution >= 4 is 17.8 Å². The largest absolute Gasteiger partial charge is 0.381 e. The SMILES string of the molecule is C=CC(=O)NC(O)C(=O)ON1C(=C)CCC1=O. The van der Waals surface area contributed by atoms with Gasteiger partial charge in [0.05, 0.1) is 5.70 Å². The van der Waals surface area contributed by atoms with Gasteiger partial charge in [0.25, 0.3) is 5.91 Å². The van der Waals surface area contributed by atoms with E-state index in [2.05, 4.69) is 18.0 Å². The van der Waals surface area contributed by atoms with E-state index in [1.54, 1.807) is 0 Å². The quantitative estimate of drug-likeness (QED) is 0.495. The van der Waals surface area contributed by atoms with Gasteiger partial charge in [-0.1, -0.05) is 13.2 Å². The molecule has 1 unspecified atom stereocenters. The van der Waals surface area contributed by atoms with E-state index in [9.17, 15) is 19.5 Å². The molecular weight excluding hydrogens is 228 g/mol. The van der Waals surface area contributed by atoms with Gasteiger partial charge in [0.15, 0.2) is 0 Å². The molecule has 1 fully saturated rings. The van der Waals surface area contributed by atoms with Crippen molar-refractivity contribution < 1.29 is 24.3 Å². The van der Waals surface area contributed by atoms with Crippen LogP contribution >= 0.6 is 0 Å². The number of carbonyl (C=O) groups is 3. The Morgan fingerprint density at radius 1 is 1.53 bits per heavy atom. The van der Waals surface area contributed by atoms with Gasteiger partial charge >= 0.3 is 5.97 Å². The summed E-state index contributed by atoms with van der Waals surface area (Å²) in [6.07, 6.45) is -0.388. The second kappa shape index (κ2) is 5.26. The van der Waals surface area contributed by atoms with Crippen LogP contribution in [0.3, 0.4) is 0 Å². The Hall–Kier alpha value is -2.15. The van der Waals surface area contributed by atoms with Crippen LogP contribution in [0, 0.1) is 0 Å². The van der Waals surface area contributed by atoms with E-state index in [0.717, 1.165) is 6.08 Å². The molecule has 0 bridgehead atoms. The Labute approximate surface area is 97.3 Å². The Morgan fingerprint density at radius 2 is 2.18 bits per heavy atom. The van der Waals surface area contributed by atoms with Crippen molar-refractivity contribution in [3.05, 3.63) is 24.9 Å². The molecule has 0 spiro atoms. The Balaban J connectivity index is 2.54. The maximum atomic E-state index is 11.3. The highest BCUT2D eigenvalue weighted by atomic mass is 16.7. The maximum absolute atomic E-state index is 11.3. The van der Waals surface area contributed by atoms with Gasteiger partial charge in [-0.05, 0) is 12.5 Å². The van der Waals surface area contributed by atoms with Crippen molar-refractivity contribution in [1.82, 2.24) is 10.4 Å². The first kappa shape index (κ1) is 12.9. The van der Waals surface area contributed by atoms with Crippen molar-refractivity contribution in [3.63, 3.8) is 0 Å². The third kappa shape index (κ3) is 3.15. The molecule has 2 amide bonds. The predicted octanol–water partition coefficient (Wildman–Crippen LogP) is -0.799. The number of rotatable bonds is 4. The number of hydrogen-bond donors (Lipinski definition) is 2. The van der Waals surface area contributed by atoms with Crippen LogP contribution in [0.5, 0.6) is 0 Å². The fraction of sp³-hybridized carbons (Fsp3) is 0.300. The van der Waals surface area contributed by atoms with Gasteiger partial charge in [0, 0.05) is 6.42 Å². The predicted molar refractivity (Wildman–Crippen MR) is 55.7 cm³/mol. The molecule has 7 nitrogen and oxygen atoms in total. The summed E-state index contributed by atoms with van der Waals surface area (Å²) in [5.74, 6) is -2.33. The highest BCUT2D eigenvalue weighted by Gasteiger charge is 2.30. The third-order valence-electron chi connectivity index (χ3n) is 2.01. The minimum Gasteiger partial charge on any atom is -0.364 e. The summed E-state index contributed by atoms with van der Waals surface area (Å²) < 4.78 is 0. The van der Waals surface area contributed by atoms with Crippen LogP contribution in [-0.2, 0) is 19.2 Å². The molecule has 0 aromatic rings. The zero-order valence-electron chi connectivity index (χ0n) is 9.01. The number of amides is 2. The van der Waals surface area contributed by atoms with Crippen LogP contribution in [0.15, 0.2) is 24.9 Å². The smallest absolute Gasteiger partial charge is 0.364 e. The first-order valence-corrected chi connectivity index (χ1v) is 4.79. The maximum Gasteiger partial charge on any atom is 0.381 e. The lowest BCUT2D eigenvalue weighted by molar-refractivity contribution is -0.195. The van der Waals surface area contributed by atoms with Crippen molar-refractivity contribution in [1.29, 1.82) is 0 Å². The third-order valence-corrected chi connectivity index (χ3v) is 2.01. The van der Waals surface area contributed by atoms with Gasteiger partial charge < -0.3 is 15.3 Å². The van der Waals surface area contributed by atoms with E-state index in [0.29, 0.717) is 17.2 Å². The Bertz CT molecular complexity index is 374. The Kier molecular flexibility index (Phi) is 4.00. The van der Waals surface area contributed by atoms with Gasteiger partial charge in [-0.2, -0.15) is 0 Å². The van der Waals surface area contributed by atoms with Crippen LogP contribution < -0.4 is 5.32 Å². The van der Waals surface area contributed by atoms with Crippen LogP contribution in [0.2, 0.25) is 0 Å². The van der Waals surface area contributed by atoms with Crippen molar-refractivity contribution in [2.24, 2.45) is 0 Å². The van der Waals surface area contributed by atoms with Gasteiger partial charge in [-0.15, -0.1) is 5.06 Å². The summed E-state index contributed by atoms with van der Waals surface area (Å²) in [4.78, 5) is 37.9. The first-order chi connectivity index (χ1) is 7.95. The molecule has 17 heavy (non-hydrogen) atoms. The minimum atomic E-state index is -1.86. The first-order valence-electron chi connectivity index (χ1n) is 4.79. The van der Waals surface area contributed by atoms with Gasteiger partial charge in [0.1, 0.15) is 0 Å². The Morgan fingerprint density at radius 3 is 2.65 bits per heavy atom. The van der Waals surface area contributed by atoms with Crippen LogP contribution in [0.25, 0.3) is 0 Å². The lowest BCUT2D eigenvalue weighted by Gasteiger charge is -2.18. The van der Waals surface area contributed by atoms with E-state index in [1.165, 1.54) is 0 Å². The summed E-state index contributed by atoms with van der Waals surface area (Å²) in [5.41, 5.74) is 0.325. The molecule has 0 saturated carbocycles. The number of carbonyl (C=O) groups excluding carboxylic acids is 3. The van der Waals surface area contributed by atoms with Gasteiger partial charge in [0.2, 0.25) is 12.1 Å². The molecule has 0 aliphatic carbocycles. The molecule has 0 aromatic carbocycles. The highest BCUT2D eigenvalue weighted by molar-refractivity contribution is 5.90. The zero-order chi connectivity index (χ0) is 13.0. The van der Waals surface area contributed by atoms with E-state index >= 15 is 0 Å². The van der Waals surface area contributed by atoms with E-state index in [4.69, 9.17) is 0 Å². The average Bonchev–Trinajstić information content (AvgIpc) is 2.60. The number of nitrogens with one attached hydrogen (secondary N) is 1. The summed E-state index contributed by atoms with van der Waals surface area (Å²) in [5, 5.41) is 11.8. The second-order valence-electron chi connectivity index (χ2n) is 3.28. The van der Waals surface area contributed by atoms with Crippen molar-refractivity contribution in [3.8, 4) is 0 Å². The van der Waals surface area contributed by atoms with Crippen LogP contribution in [0.1, 0.15) is 12.8 Å². The standard InChI is InChI=1S/C10H12N2O5/c1-3-7(13)11-9(15)10(16)17-12-6(2)4-5-8(12)14/h3,9,15H,1-2,4-5H2,(H,11,13). The molecule has 1 aliphatic heterocycles. The summed E-state index contributed by atoms with van der Waals surface area (Å²) >= 11 is 0. The molecule has 7 heteroatoms. The molecule has 1 saturated heterocycles. The monoisotopic (exact) mass is 240 g/mol. The number of allylic oxidation sites excluding steroid dienone is 1. The fourth-order valence-electron chi connectivity index (χ4n) is 1.14. The highest BCUT2D eigenvalue weighted by Crippen LogP contribution is 2.20. The molecule has 1 atom stereocenters.